The van der Waals surface area contributed by atoms with Gasteiger partial charge in [-0.1, -0.05) is 24.3 Å². The number of amides is 1. The molecule has 0 fully saturated rings. The van der Waals surface area contributed by atoms with Crippen LogP contribution in [0, 0.1) is 0 Å². The number of methoxy groups -OCH3 is 2. The quantitative estimate of drug-likeness (QED) is 0.552. The van der Waals surface area contributed by atoms with Crippen LogP contribution in [0.2, 0.25) is 0 Å². The number of para-hydroxylation sites is 4. The molecule has 0 saturated heterocycles. The average Bonchev–Trinajstić information content (AvgIpc) is 2.79. The first-order valence-corrected chi connectivity index (χ1v) is 9.21. The predicted molar refractivity (Wildman–Crippen MR) is 115 cm³/mol. The van der Waals surface area contributed by atoms with Gasteiger partial charge in [-0.05, 0) is 42.5 Å². The molecule has 150 valence electrons. The maximum atomic E-state index is 13.0. The van der Waals surface area contributed by atoms with Gasteiger partial charge in [0.25, 0.3) is 11.5 Å². The fraction of sp³-hybridized carbons (Fsp3) is 0.0870. The number of rotatable bonds is 5. The van der Waals surface area contributed by atoms with Crippen LogP contribution >= 0.6 is 0 Å². The van der Waals surface area contributed by atoms with Gasteiger partial charge in [-0.2, -0.15) is 0 Å². The predicted octanol–water partition coefficient (Wildman–Crippen LogP) is 3.66. The smallest absolute Gasteiger partial charge is 0.265 e. The zero-order chi connectivity index (χ0) is 21.1. The number of hydrogen-bond acceptors (Lipinski definition) is 5. The van der Waals surface area contributed by atoms with Gasteiger partial charge in [0.1, 0.15) is 17.8 Å². The first-order valence-electron chi connectivity index (χ1n) is 9.21. The minimum absolute atomic E-state index is 0.249. The third kappa shape index (κ3) is 3.48. The average molecular weight is 401 g/mol. The van der Waals surface area contributed by atoms with Gasteiger partial charge in [0.05, 0.1) is 36.5 Å². The Hall–Kier alpha value is -4.13. The number of ether oxygens (including phenoxy) is 2. The Balaban J connectivity index is 1.70. The molecule has 0 saturated carbocycles. The Morgan fingerprint density at radius 1 is 0.933 bits per heavy atom. The summed E-state index contributed by atoms with van der Waals surface area (Å²) in [5.74, 6) is 0.801. The Kier molecular flexibility index (Phi) is 5.17. The summed E-state index contributed by atoms with van der Waals surface area (Å²) >= 11 is 0. The number of fused-ring (bicyclic) bond motifs is 1. The lowest BCUT2D eigenvalue weighted by Crippen LogP contribution is -2.20. The molecule has 3 aromatic carbocycles. The zero-order valence-corrected chi connectivity index (χ0v) is 16.5. The second kappa shape index (κ2) is 8.08. The van der Waals surface area contributed by atoms with E-state index >= 15 is 0 Å². The van der Waals surface area contributed by atoms with Gasteiger partial charge in [0.15, 0.2) is 0 Å². The third-order valence-electron chi connectivity index (χ3n) is 4.72. The van der Waals surface area contributed by atoms with Crippen molar-refractivity contribution in [1.29, 1.82) is 0 Å². The number of hydrogen-bond donors (Lipinski definition) is 1. The lowest BCUT2D eigenvalue weighted by molar-refractivity contribution is 0.102. The van der Waals surface area contributed by atoms with Crippen molar-refractivity contribution in [3.05, 3.63) is 89.0 Å². The van der Waals surface area contributed by atoms with Crippen molar-refractivity contribution in [3.63, 3.8) is 0 Å². The second-order valence-corrected chi connectivity index (χ2v) is 6.48. The number of aromatic nitrogens is 2. The topological polar surface area (TPSA) is 82.5 Å². The SMILES string of the molecule is COc1ccccc1NC(=O)c1ccc2c(=O)n(-c3ccccc3OC)cnc2c1. The highest BCUT2D eigenvalue weighted by Gasteiger charge is 2.13. The van der Waals surface area contributed by atoms with E-state index in [0.29, 0.717) is 39.3 Å². The number of nitrogens with one attached hydrogen (secondary N) is 1. The molecule has 0 aliphatic rings. The molecule has 0 unspecified atom stereocenters. The summed E-state index contributed by atoms with van der Waals surface area (Å²) in [7, 11) is 3.09. The highest BCUT2D eigenvalue weighted by Crippen LogP contribution is 2.24. The summed E-state index contributed by atoms with van der Waals surface area (Å²) in [6, 6.07) is 19.1. The molecule has 7 nitrogen and oxygen atoms in total. The maximum Gasteiger partial charge on any atom is 0.265 e. The van der Waals surface area contributed by atoms with Crippen LogP contribution in [0.3, 0.4) is 0 Å². The summed E-state index contributed by atoms with van der Waals surface area (Å²) in [6.45, 7) is 0. The van der Waals surface area contributed by atoms with Gasteiger partial charge >= 0.3 is 0 Å². The number of benzene rings is 3. The molecule has 7 heteroatoms. The lowest BCUT2D eigenvalue weighted by Gasteiger charge is -2.12. The molecule has 1 heterocycles. The first kappa shape index (κ1) is 19.2. The van der Waals surface area contributed by atoms with E-state index in [1.54, 1.807) is 55.6 Å². The van der Waals surface area contributed by atoms with Crippen LogP contribution < -0.4 is 20.3 Å². The Morgan fingerprint density at radius 2 is 1.63 bits per heavy atom. The Labute approximate surface area is 172 Å². The van der Waals surface area contributed by atoms with Crippen molar-refractivity contribution in [2.75, 3.05) is 19.5 Å². The maximum absolute atomic E-state index is 13.0. The minimum Gasteiger partial charge on any atom is -0.495 e. The van der Waals surface area contributed by atoms with E-state index in [1.165, 1.54) is 18.0 Å². The number of carbonyl (C=O) groups is 1. The van der Waals surface area contributed by atoms with Gasteiger partial charge in [0.2, 0.25) is 0 Å². The number of carbonyl (C=O) groups excluding carboxylic acids is 1. The zero-order valence-electron chi connectivity index (χ0n) is 16.5. The Bertz CT molecular complexity index is 1300. The van der Waals surface area contributed by atoms with E-state index in [2.05, 4.69) is 10.3 Å². The van der Waals surface area contributed by atoms with Crippen LogP contribution in [0.5, 0.6) is 11.5 Å². The molecule has 0 aliphatic carbocycles. The molecule has 1 aromatic heterocycles. The first-order chi connectivity index (χ1) is 14.6. The fourth-order valence-electron chi connectivity index (χ4n) is 3.21. The molecule has 30 heavy (non-hydrogen) atoms. The molecular formula is C23H19N3O4. The highest BCUT2D eigenvalue weighted by molar-refractivity contribution is 6.06. The summed E-state index contributed by atoms with van der Waals surface area (Å²) in [4.78, 5) is 30.1. The third-order valence-corrected chi connectivity index (χ3v) is 4.72. The molecule has 0 radical (unpaired) electrons. The standard InChI is InChI=1S/C23H19N3O4/c1-29-20-9-5-3-7-17(20)25-22(27)15-11-12-16-18(13-15)24-14-26(23(16)28)19-8-4-6-10-21(19)30-2/h3-14H,1-2H3,(H,25,27). The van der Waals surface area contributed by atoms with Crippen molar-refractivity contribution in [1.82, 2.24) is 9.55 Å². The van der Waals surface area contributed by atoms with Gasteiger partial charge in [-0.15, -0.1) is 0 Å². The summed E-state index contributed by atoms with van der Waals surface area (Å²) in [5.41, 5.74) is 1.72. The molecule has 0 bridgehead atoms. The van der Waals surface area contributed by atoms with Crippen LogP contribution in [0.1, 0.15) is 10.4 Å². The highest BCUT2D eigenvalue weighted by atomic mass is 16.5. The molecule has 0 spiro atoms. The Morgan fingerprint density at radius 3 is 2.40 bits per heavy atom. The van der Waals surface area contributed by atoms with E-state index in [1.807, 2.05) is 18.2 Å². The lowest BCUT2D eigenvalue weighted by atomic mass is 10.1. The molecule has 1 amide bonds. The summed E-state index contributed by atoms with van der Waals surface area (Å²) < 4.78 is 12.0. The fourth-order valence-corrected chi connectivity index (χ4v) is 3.21. The van der Waals surface area contributed by atoms with E-state index in [9.17, 15) is 9.59 Å². The van der Waals surface area contributed by atoms with Crippen molar-refractivity contribution in [2.24, 2.45) is 0 Å². The second-order valence-electron chi connectivity index (χ2n) is 6.48. The van der Waals surface area contributed by atoms with E-state index in [0.717, 1.165) is 0 Å². The van der Waals surface area contributed by atoms with Crippen LogP contribution in [0.25, 0.3) is 16.6 Å². The number of nitrogens with zero attached hydrogens (tertiary/aromatic N) is 2. The monoisotopic (exact) mass is 401 g/mol. The normalized spacial score (nSPS) is 10.6. The van der Waals surface area contributed by atoms with Crippen LogP contribution in [-0.2, 0) is 0 Å². The van der Waals surface area contributed by atoms with Crippen LogP contribution in [-0.4, -0.2) is 29.7 Å². The van der Waals surface area contributed by atoms with E-state index in [4.69, 9.17) is 9.47 Å². The van der Waals surface area contributed by atoms with Crippen LogP contribution in [0.4, 0.5) is 5.69 Å². The number of anilines is 1. The molecule has 4 rings (SSSR count). The minimum atomic E-state index is -0.322. The molecule has 1 N–H and O–H groups in total. The van der Waals surface area contributed by atoms with E-state index in [-0.39, 0.29) is 11.5 Å². The van der Waals surface area contributed by atoms with Crippen molar-refractivity contribution < 1.29 is 14.3 Å². The molecule has 0 atom stereocenters. The van der Waals surface area contributed by atoms with Crippen molar-refractivity contribution in [3.8, 4) is 17.2 Å². The van der Waals surface area contributed by atoms with E-state index < -0.39 is 0 Å². The largest absolute Gasteiger partial charge is 0.495 e. The van der Waals surface area contributed by atoms with Crippen LogP contribution in [0.15, 0.2) is 77.9 Å². The summed E-state index contributed by atoms with van der Waals surface area (Å²) in [6.07, 6.45) is 1.43. The van der Waals surface area contributed by atoms with Gasteiger partial charge in [0, 0.05) is 5.56 Å². The molecule has 4 aromatic rings. The van der Waals surface area contributed by atoms with Crippen molar-refractivity contribution >= 4 is 22.5 Å². The van der Waals surface area contributed by atoms with Gasteiger partial charge in [-0.3, -0.25) is 14.2 Å². The molecular weight excluding hydrogens is 382 g/mol. The summed E-state index contributed by atoms with van der Waals surface area (Å²) in [5, 5.41) is 3.22. The van der Waals surface area contributed by atoms with Gasteiger partial charge in [-0.25, -0.2) is 4.98 Å². The van der Waals surface area contributed by atoms with Gasteiger partial charge < -0.3 is 14.8 Å². The molecule has 0 aliphatic heterocycles. The van der Waals surface area contributed by atoms with Crippen molar-refractivity contribution in [2.45, 2.75) is 0 Å².